The van der Waals surface area contributed by atoms with Crippen LogP contribution in [0.5, 0.6) is 0 Å². The standard InChI is InChI=1S/C11H16N2O2/c1-3-11(2,15)8-13-10(14)9-6-4-5-7-12-9/h4-7,15H,3,8H2,1-2H3,(H,13,14). The van der Waals surface area contributed by atoms with Crippen LogP contribution in [0.25, 0.3) is 0 Å². The summed E-state index contributed by atoms with van der Waals surface area (Å²) in [5.74, 6) is -0.260. The van der Waals surface area contributed by atoms with E-state index in [0.717, 1.165) is 0 Å². The first-order chi connectivity index (χ1) is 7.05. The quantitative estimate of drug-likeness (QED) is 0.775. The van der Waals surface area contributed by atoms with Gasteiger partial charge in [0, 0.05) is 12.7 Å². The Labute approximate surface area is 89.3 Å². The van der Waals surface area contributed by atoms with Crippen molar-refractivity contribution in [2.45, 2.75) is 25.9 Å². The smallest absolute Gasteiger partial charge is 0.269 e. The van der Waals surface area contributed by atoms with E-state index in [-0.39, 0.29) is 12.5 Å². The van der Waals surface area contributed by atoms with Gasteiger partial charge in [-0.15, -0.1) is 0 Å². The van der Waals surface area contributed by atoms with Crippen molar-refractivity contribution in [3.8, 4) is 0 Å². The first-order valence-corrected chi connectivity index (χ1v) is 4.97. The Morgan fingerprint density at radius 1 is 1.60 bits per heavy atom. The van der Waals surface area contributed by atoms with Crippen molar-refractivity contribution in [3.05, 3.63) is 30.1 Å². The summed E-state index contributed by atoms with van der Waals surface area (Å²) in [4.78, 5) is 15.4. The molecule has 0 bridgehead atoms. The van der Waals surface area contributed by atoms with Gasteiger partial charge < -0.3 is 10.4 Å². The summed E-state index contributed by atoms with van der Waals surface area (Å²) in [6.07, 6.45) is 2.16. The highest BCUT2D eigenvalue weighted by atomic mass is 16.3. The predicted octanol–water partition coefficient (Wildman–Crippen LogP) is 0.972. The first-order valence-electron chi connectivity index (χ1n) is 4.97. The van der Waals surface area contributed by atoms with E-state index < -0.39 is 5.60 Å². The molecule has 2 N–H and O–H groups in total. The van der Waals surface area contributed by atoms with Crippen molar-refractivity contribution < 1.29 is 9.90 Å². The molecule has 1 rings (SSSR count). The van der Waals surface area contributed by atoms with Gasteiger partial charge in [0.2, 0.25) is 0 Å². The molecule has 0 fully saturated rings. The Morgan fingerprint density at radius 2 is 2.33 bits per heavy atom. The van der Waals surface area contributed by atoms with Gasteiger partial charge in [-0.05, 0) is 25.5 Å². The zero-order chi connectivity index (χ0) is 11.3. The number of amides is 1. The van der Waals surface area contributed by atoms with E-state index in [1.165, 1.54) is 0 Å². The number of carbonyl (C=O) groups excluding carboxylic acids is 1. The molecule has 0 radical (unpaired) electrons. The number of hydrogen-bond donors (Lipinski definition) is 2. The summed E-state index contributed by atoms with van der Waals surface area (Å²) in [7, 11) is 0. The Morgan fingerprint density at radius 3 is 2.87 bits per heavy atom. The normalized spacial score (nSPS) is 14.3. The van der Waals surface area contributed by atoms with Crippen LogP contribution >= 0.6 is 0 Å². The number of carbonyl (C=O) groups is 1. The molecular weight excluding hydrogens is 192 g/mol. The maximum absolute atomic E-state index is 11.5. The van der Waals surface area contributed by atoms with Crippen LogP contribution in [-0.2, 0) is 0 Å². The molecule has 1 amide bonds. The minimum atomic E-state index is -0.857. The van der Waals surface area contributed by atoms with Gasteiger partial charge in [0.25, 0.3) is 5.91 Å². The average molecular weight is 208 g/mol. The summed E-state index contributed by atoms with van der Waals surface area (Å²) in [6.45, 7) is 3.79. The van der Waals surface area contributed by atoms with Gasteiger partial charge in [0.15, 0.2) is 0 Å². The Kier molecular flexibility index (Phi) is 3.80. The fourth-order valence-electron chi connectivity index (χ4n) is 0.983. The van der Waals surface area contributed by atoms with E-state index in [9.17, 15) is 9.90 Å². The summed E-state index contributed by atoms with van der Waals surface area (Å²) in [6, 6.07) is 5.13. The van der Waals surface area contributed by atoms with Crippen molar-refractivity contribution in [2.75, 3.05) is 6.54 Å². The topological polar surface area (TPSA) is 62.2 Å². The molecule has 0 aliphatic carbocycles. The highest BCUT2D eigenvalue weighted by Crippen LogP contribution is 2.06. The van der Waals surface area contributed by atoms with E-state index in [4.69, 9.17) is 0 Å². The van der Waals surface area contributed by atoms with Crippen LogP contribution in [0.2, 0.25) is 0 Å². The Balaban J connectivity index is 2.51. The molecule has 15 heavy (non-hydrogen) atoms. The molecule has 1 aromatic heterocycles. The monoisotopic (exact) mass is 208 g/mol. The van der Waals surface area contributed by atoms with E-state index >= 15 is 0 Å². The van der Waals surface area contributed by atoms with Crippen LogP contribution in [-0.4, -0.2) is 28.1 Å². The van der Waals surface area contributed by atoms with Gasteiger partial charge in [-0.25, -0.2) is 0 Å². The summed E-state index contributed by atoms with van der Waals surface area (Å²) in [5, 5.41) is 12.3. The van der Waals surface area contributed by atoms with Crippen molar-refractivity contribution in [1.29, 1.82) is 0 Å². The number of nitrogens with zero attached hydrogens (tertiary/aromatic N) is 1. The summed E-state index contributed by atoms with van der Waals surface area (Å²) >= 11 is 0. The van der Waals surface area contributed by atoms with Gasteiger partial charge in [-0.3, -0.25) is 9.78 Å². The number of hydrogen-bond acceptors (Lipinski definition) is 3. The molecule has 82 valence electrons. The number of pyridine rings is 1. The summed E-state index contributed by atoms with van der Waals surface area (Å²) in [5.41, 5.74) is -0.492. The van der Waals surface area contributed by atoms with Crippen LogP contribution < -0.4 is 5.32 Å². The summed E-state index contributed by atoms with van der Waals surface area (Å²) < 4.78 is 0. The van der Waals surface area contributed by atoms with Gasteiger partial charge in [0.05, 0.1) is 5.60 Å². The second-order valence-electron chi connectivity index (χ2n) is 3.75. The molecule has 4 nitrogen and oxygen atoms in total. The number of aliphatic hydroxyl groups is 1. The third-order valence-electron chi connectivity index (χ3n) is 2.29. The molecule has 0 aromatic carbocycles. The minimum Gasteiger partial charge on any atom is -0.388 e. The van der Waals surface area contributed by atoms with Crippen molar-refractivity contribution >= 4 is 5.91 Å². The molecule has 1 aromatic rings. The highest BCUT2D eigenvalue weighted by Gasteiger charge is 2.18. The zero-order valence-corrected chi connectivity index (χ0v) is 9.03. The van der Waals surface area contributed by atoms with Crippen LogP contribution in [0.15, 0.2) is 24.4 Å². The molecule has 0 spiro atoms. The van der Waals surface area contributed by atoms with Gasteiger partial charge in [0.1, 0.15) is 5.69 Å². The second-order valence-corrected chi connectivity index (χ2v) is 3.75. The second kappa shape index (κ2) is 4.89. The lowest BCUT2D eigenvalue weighted by Crippen LogP contribution is -2.40. The fourth-order valence-corrected chi connectivity index (χ4v) is 0.983. The van der Waals surface area contributed by atoms with Gasteiger partial charge in [-0.2, -0.15) is 0 Å². The SMILES string of the molecule is CCC(C)(O)CNC(=O)c1ccccn1. The number of aromatic nitrogens is 1. The van der Waals surface area contributed by atoms with E-state index in [1.54, 1.807) is 31.3 Å². The molecule has 1 atom stereocenters. The molecule has 0 aliphatic heterocycles. The van der Waals surface area contributed by atoms with Crippen molar-refractivity contribution in [2.24, 2.45) is 0 Å². The van der Waals surface area contributed by atoms with Crippen molar-refractivity contribution in [3.63, 3.8) is 0 Å². The predicted molar refractivity (Wildman–Crippen MR) is 57.5 cm³/mol. The highest BCUT2D eigenvalue weighted by molar-refractivity contribution is 5.92. The number of rotatable bonds is 4. The lowest BCUT2D eigenvalue weighted by molar-refractivity contribution is 0.0517. The van der Waals surface area contributed by atoms with Crippen LogP contribution in [0.4, 0.5) is 0 Å². The lowest BCUT2D eigenvalue weighted by atomic mass is 10.0. The third-order valence-corrected chi connectivity index (χ3v) is 2.29. The molecule has 1 heterocycles. The zero-order valence-electron chi connectivity index (χ0n) is 9.03. The molecule has 4 heteroatoms. The fraction of sp³-hybridized carbons (Fsp3) is 0.455. The lowest BCUT2D eigenvalue weighted by Gasteiger charge is -2.21. The largest absolute Gasteiger partial charge is 0.388 e. The van der Waals surface area contributed by atoms with Crippen LogP contribution in [0.3, 0.4) is 0 Å². The molecule has 1 unspecified atom stereocenters. The van der Waals surface area contributed by atoms with Crippen LogP contribution in [0, 0.1) is 0 Å². The maximum Gasteiger partial charge on any atom is 0.269 e. The van der Waals surface area contributed by atoms with Crippen molar-refractivity contribution in [1.82, 2.24) is 10.3 Å². The molecule has 0 saturated heterocycles. The number of nitrogens with one attached hydrogen (secondary N) is 1. The first kappa shape index (κ1) is 11.7. The molecule has 0 saturated carbocycles. The van der Waals surface area contributed by atoms with E-state index in [2.05, 4.69) is 10.3 Å². The van der Waals surface area contributed by atoms with E-state index in [1.807, 2.05) is 6.92 Å². The third kappa shape index (κ3) is 3.67. The van der Waals surface area contributed by atoms with Gasteiger partial charge >= 0.3 is 0 Å². The molecular formula is C11H16N2O2. The van der Waals surface area contributed by atoms with Crippen LogP contribution in [0.1, 0.15) is 30.8 Å². The molecule has 0 aliphatic rings. The van der Waals surface area contributed by atoms with Gasteiger partial charge in [-0.1, -0.05) is 13.0 Å². The Bertz CT molecular complexity index is 323. The minimum absolute atomic E-state index is 0.235. The van der Waals surface area contributed by atoms with E-state index in [0.29, 0.717) is 12.1 Å². The average Bonchev–Trinajstić information content (AvgIpc) is 2.27. The Hall–Kier alpha value is -1.42. The maximum atomic E-state index is 11.5.